The molecule has 15 heavy (non-hydrogen) atoms. The van der Waals surface area contributed by atoms with Crippen molar-refractivity contribution < 1.29 is 8.78 Å². The van der Waals surface area contributed by atoms with Gasteiger partial charge in [0.1, 0.15) is 11.6 Å². The molecule has 0 bridgehead atoms. The Hall–Kier alpha value is -1.22. The maximum atomic E-state index is 13.4. The highest BCUT2D eigenvalue weighted by atomic mass is 79.9. The maximum absolute atomic E-state index is 13.4. The normalized spacial score (nSPS) is 10.3. The summed E-state index contributed by atoms with van der Waals surface area (Å²) in [5.74, 6) is -1.09. The topological polar surface area (TPSA) is 0 Å². The second kappa shape index (κ2) is 4.11. The fraction of sp³-hybridized carbons (Fsp3) is 0. The van der Waals surface area contributed by atoms with Crippen LogP contribution in [-0.4, -0.2) is 0 Å². The van der Waals surface area contributed by atoms with Crippen LogP contribution < -0.4 is 0 Å². The van der Waals surface area contributed by atoms with Gasteiger partial charge in [0, 0.05) is 4.47 Å². The van der Waals surface area contributed by atoms with Gasteiger partial charge in [-0.25, -0.2) is 8.78 Å². The number of halogens is 3. The van der Waals surface area contributed by atoms with Crippen molar-refractivity contribution in [2.75, 3.05) is 0 Å². The Morgan fingerprint density at radius 3 is 1.87 bits per heavy atom. The van der Waals surface area contributed by atoms with E-state index in [1.54, 1.807) is 24.3 Å². The van der Waals surface area contributed by atoms with Gasteiger partial charge in [-0.2, -0.15) is 0 Å². The van der Waals surface area contributed by atoms with Gasteiger partial charge in [-0.15, -0.1) is 0 Å². The second-order valence-corrected chi connectivity index (χ2v) is 4.02. The number of hydrogen-bond donors (Lipinski definition) is 0. The summed E-state index contributed by atoms with van der Waals surface area (Å²) in [5.41, 5.74) is 0.554. The summed E-state index contributed by atoms with van der Waals surface area (Å²) in [6.07, 6.45) is 0. The monoisotopic (exact) mass is 268 g/mol. The van der Waals surface area contributed by atoms with Crippen molar-refractivity contribution in [3.63, 3.8) is 0 Å². The van der Waals surface area contributed by atoms with Gasteiger partial charge in [-0.1, -0.05) is 34.1 Å². The van der Waals surface area contributed by atoms with Crippen molar-refractivity contribution in [1.82, 2.24) is 0 Å². The lowest BCUT2D eigenvalue weighted by atomic mass is 10.0. The van der Waals surface area contributed by atoms with Gasteiger partial charge in [0.2, 0.25) is 0 Å². The van der Waals surface area contributed by atoms with E-state index < -0.39 is 11.6 Å². The molecule has 0 nitrogen and oxygen atoms in total. The largest absolute Gasteiger partial charge is 0.206 e. The summed E-state index contributed by atoms with van der Waals surface area (Å²) in [6, 6.07) is 10.7. The molecule has 0 unspecified atom stereocenters. The standard InChI is InChI=1S/C12H7BrF2/c13-9-6-4-8(5-7-9)12-10(14)2-1-3-11(12)15/h1-7H. The summed E-state index contributed by atoms with van der Waals surface area (Å²) in [6.45, 7) is 0. The molecular formula is C12H7BrF2. The Bertz CT molecular complexity index is 457. The van der Waals surface area contributed by atoms with Crippen molar-refractivity contribution >= 4 is 15.9 Å². The molecule has 0 amide bonds. The zero-order valence-electron chi connectivity index (χ0n) is 7.68. The van der Waals surface area contributed by atoms with Gasteiger partial charge in [-0.05, 0) is 29.8 Å². The average molecular weight is 269 g/mol. The quantitative estimate of drug-likeness (QED) is 0.720. The smallest absolute Gasteiger partial charge is 0.133 e. The van der Waals surface area contributed by atoms with E-state index in [9.17, 15) is 8.78 Å². The first kappa shape index (κ1) is 10.3. The van der Waals surface area contributed by atoms with E-state index in [0.717, 1.165) is 4.47 Å². The van der Waals surface area contributed by atoms with Crippen molar-refractivity contribution in [3.05, 3.63) is 58.6 Å². The fourth-order valence-electron chi connectivity index (χ4n) is 1.39. The van der Waals surface area contributed by atoms with Crippen LogP contribution in [0.15, 0.2) is 46.9 Å². The van der Waals surface area contributed by atoms with Crippen LogP contribution in [0.2, 0.25) is 0 Å². The van der Waals surface area contributed by atoms with E-state index in [1.807, 2.05) is 0 Å². The van der Waals surface area contributed by atoms with E-state index >= 15 is 0 Å². The third kappa shape index (κ3) is 2.07. The molecule has 2 rings (SSSR count). The van der Waals surface area contributed by atoms with Gasteiger partial charge in [0.05, 0.1) is 5.56 Å². The Morgan fingerprint density at radius 2 is 1.33 bits per heavy atom. The summed E-state index contributed by atoms with van der Waals surface area (Å²) in [7, 11) is 0. The lowest BCUT2D eigenvalue weighted by molar-refractivity contribution is 0.589. The molecule has 0 radical (unpaired) electrons. The lowest BCUT2D eigenvalue weighted by Gasteiger charge is -2.04. The van der Waals surface area contributed by atoms with Gasteiger partial charge in [0.15, 0.2) is 0 Å². The highest BCUT2D eigenvalue weighted by molar-refractivity contribution is 9.10. The molecule has 0 saturated carbocycles. The zero-order chi connectivity index (χ0) is 10.8. The van der Waals surface area contributed by atoms with Crippen LogP contribution in [-0.2, 0) is 0 Å². The minimum absolute atomic E-state index is 0.0185. The van der Waals surface area contributed by atoms with Gasteiger partial charge in [0.25, 0.3) is 0 Å². The van der Waals surface area contributed by atoms with Crippen LogP contribution in [0, 0.1) is 11.6 Å². The van der Waals surface area contributed by atoms with E-state index in [2.05, 4.69) is 15.9 Å². The van der Waals surface area contributed by atoms with E-state index in [4.69, 9.17) is 0 Å². The maximum Gasteiger partial charge on any atom is 0.133 e. The van der Waals surface area contributed by atoms with Crippen molar-refractivity contribution in [1.29, 1.82) is 0 Å². The van der Waals surface area contributed by atoms with E-state index in [1.165, 1.54) is 18.2 Å². The van der Waals surface area contributed by atoms with Crippen LogP contribution in [0.25, 0.3) is 11.1 Å². The Labute approximate surface area is 94.7 Å². The molecular weight excluding hydrogens is 262 g/mol. The summed E-state index contributed by atoms with van der Waals surface area (Å²) >= 11 is 3.27. The summed E-state index contributed by atoms with van der Waals surface area (Å²) < 4.78 is 27.6. The zero-order valence-corrected chi connectivity index (χ0v) is 9.26. The first-order valence-corrected chi connectivity index (χ1v) is 5.18. The van der Waals surface area contributed by atoms with Crippen LogP contribution in [0.3, 0.4) is 0 Å². The predicted octanol–water partition coefficient (Wildman–Crippen LogP) is 4.39. The molecule has 0 N–H and O–H groups in total. The molecule has 2 aromatic carbocycles. The first-order valence-electron chi connectivity index (χ1n) is 4.38. The Balaban J connectivity index is 2.58. The number of hydrogen-bond acceptors (Lipinski definition) is 0. The highest BCUT2D eigenvalue weighted by Gasteiger charge is 2.09. The number of rotatable bonds is 1. The third-order valence-corrected chi connectivity index (χ3v) is 2.62. The number of benzene rings is 2. The molecule has 0 saturated heterocycles. The molecule has 2 aromatic rings. The summed E-state index contributed by atoms with van der Waals surface area (Å²) in [4.78, 5) is 0. The molecule has 3 heteroatoms. The second-order valence-electron chi connectivity index (χ2n) is 3.10. The summed E-state index contributed by atoms with van der Waals surface area (Å²) in [5, 5.41) is 0. The lowest BCUT2D eigenvalue weighted by Crippen LogP contribution is -1.88. The fourth-order valence-corrected chi connectivity index (χ4v) is 1.65. The molecule has 0 aliphatic heterocycles. The van der Waals surface area contributed by atoms with Crippen molar-refractivity contribution in [2.24, 2.45) is 0 Å². The van der Waals surface area contributed by atoms with Gasteiger partial charge >= 0.3 is 0 Å². The van der Waals surface area contributed by atoms with Crippen LogP contribution in [0.1, 0.15) is 0 Å². The minimum atomic E-state index is -0.544. The third-order valence-electron chi connectivity index (χ3n) is 2.10. The van der Waals surface area contributed by atoms with Gasteiger partial charge < -0.3 is 0 Å². The van der Waals surface area contributed by atoms with Crippen LogP contribution in [0.5, 0.6) is 0 Å². The van der Waals surface area contributed by atoms with Crippen molar-refractivity contribution in [3.8, 4) is 11.1 Å². The molecule has 0 spiro atoms. The first-order chi connectivity index (χ1) is 7.18. The minimum Gasteiger partial charge on any atom is -0.206 e. The molecule has 76 valence electrons. The van der Waals surface area contributed by atoms with Crippen molar-refractivity contribution in [2.45, 2.75) is 0 Å². The molecule has 0 aliphatic carbocycles. The molecule has 0 atom stereocenters. The van der Waals surface area contributed by atoms with Crippen LogP contribution in [0.4, 0.5) is 8.78 Å². The SMILES string of the molecule is Fc1cccc(F)c1-c1ccc(Br)cc1. The highest BCUT2D eigenvalue weighted by Crippen LogP contribution is 2.26. The Kier molecular flexibility index (Phi) is 2.82. The van der Waals surface area contributed by atoms with Crippen LogP contribution >= 0.6 is 15.9 Å². The molecule has 0 heterocycles. The molecule has 0 aromatic heterocycles. The van der Waals surface area contributed by atoms with Gasteiger partial charge in [-0.3, -0.25) is 0 Å². The van der Waals surface area contributed by atoms with E-state index in [0.29, 0.717) is 5.56 Å². The predicted molar refractivity (Wildman–Crippen MR) is 59.5 cm³/mol. The Morgan fingerprint density at radius 1 is 0.800 bits per heavy atom. The molecule has 0 fully saturated rings. The molecule has 0 aliphatic rings. The van der Waals surface area contributed by atoms with E-state index in [-0.39, 0.29) is 5.56 Å². The average Bonchev–Trinajstić information content (AvgIpc) is 2.20.